The third kappa shape index (κ3) is 1.96. The molecule has 1 aromatic heterocycles. The smallest absolute Gasteiger partial charge is 0.185 e. The number of benzene rings is 1. The Morgan fingerprint density at radius 3 is 3.00 bits per heavy atom. The van der Waals surface area contributed by atoms with Crippen molar-refractivity contribution in [1.29, 1.82) is 0 Å². The van der Waals surface area contributed by atoms with Gasteiger partial charge < -0.3 is 9.15 Å². The molecule has 0 radical (unpaired) electrons. The van der Waals surface area contributed by atoms with Crippen molar-refractivity contribution < 1.29 is 13.9 Å². The number of ether oxygens (including phenoxy) is 1. The van der Waals surface area contributed by atoms with Crippen molar-refractivity contribution in [3.05, 3.63) is 53.0 Å². The first-order valence-corrected chi connectivity index (χ1v) is 5.63. The molecule has 1 aromatic carbocycles. The summed E-state index contributed by atoms with van der Waals surface area (Å²) in [6, 6.07) is 9.71. The van der Waals surface area contributed by atoms with E-state index in [2.05, 4.69) is 6.07 Å². The van der Waals surface area contributed by atoms with E-state index in [4.69, 9.17) is 9.15 Å². The molecule has 0 atom stereocenters. The van der Waals surface area contributed by atoms with Gasteiger partial charge in [0, 0.05) is 12.8 Å². The molecule has 0 spiro atoms. The zero-order chi connectivity index (χ0) is 11.7. The van der Waals surface area contributed by atoms with Crippen LogP contribution in [0.25, 0.3) is 0 Å². The van der Waals surface area contributed by atoms with E-state index in [0.29, 0.717) is 12.2 Å². The van der Waals surface area contributed by atoms with Crippen LogP contribution in [0.1, 0.15) is 27.4 Å². The SMILES string of the molecule is O=Cc1ccc(Cc2ccc3c(c2)CCO3)o1. The third-order valence-electron chi connectivity index (χ3n) is 2.93. The van der Waals surface area contributed by atoms with E-state index in [1.807, 2.05) is 18.2 Å². The summed E-state index contributed by atoms with van der Waals surface area (Å²) >= 11 is 0. The minimum absolute atomic E-state index is 0.379. The molecule has 3 rings (SSSR count). The Morgan fingerprint density at radius 2 is 2.18 bits per heavy atom. The zero-order valence-corrected chi connectivity index (χ0v) is 9.31. The van der Waals surface area contributed by atoms with Gasteiger partial charge in [0.25, 0.3) is 0 Å². The summed E-state index contributed by atoms with van der Waals surface area (Å²) in [5, 5.41) is 0. The van der Waals surface area contributed by atoms with Gasteiger partial charge in [-0.2, -0.15) is 0 Å². The molecule has 0 aliphatic carbocycles. The number of rotatable bonds is 3. The highest BCUT2D eigenvalue weighted by Gasteiger charge is 2.12. The Balaban J connectivity index is 1.83. The summed E-state index contributed by atoms with van der Waals surface area (Å²) in [6.45, 7) is 0.773. The van der Waals surface area contributed by atoms with E-state index >= 15 is 0 Å². The van der Waals surface area contributed by atoms with E-state index in [0.717, 1.165) is 30.8 Å². The van der Waals surface area contributed by atoms with Crippen molar-refractivity contribution in [3.8, 4) is 5.75 Å². The lowest BCUT2D eigenvalue weighted by molar-refractivity contribution is 0.109. The quantitative estimate of drug-likeness (QED) is 0.758. The molecule has 0 amide bonds. The number of furan rings is 1. The zero-order valence-electron chi connectivity index (χ0n) is 9.31. The molecular formula is C14H12O3. The Bertz CT molecular complexity index is 554. The van der Waals surface area contributed by atoms with Gasteiger partial charge in [0.05, 0.1) is 6.61 Å². The van der Waals surface area contributed by atoms with Crippen LogP contribution in [0.4, 0.5) is 0 Å². The summed E-state index contributed by atoms with van der Waals surface area (Å²) < 4.78 is 10.8. The van der Waals surface area contributed by atoms with E-state index in [-0.39, 0.29) is 0 Å². The van der Waals surface area contributed by atoms with Gasteiger partial charge in [-0.15, -0.1) is 0 Å². The molecule has 17 heavy (non-hydrogen) atoms. The summed E-state index contributed by atoms with van der Waals surface area (Å²) in [7, 11) is 0. The van der Waals surface area contributed by atoms with Gasteiger partial charge in [-0.25, -0.2) is 0 Å². The van der Waals surface area contributed by atoms with Crippen LogP contribution in [-0.2, 0) is 12.8 Å². The fraction of sp³-hybridized carbons (Fsp3) is 0.214. The summed E-state index contributed by atoms with van der Waals surface area (Å²) in [6.07, 6.45) is 2.40. The summed E-state index contributed by atoms with van der Waals surface area (Å²) in [5.74, 6) is 2.18. The Morgan fingerprint density at radius 1 is 1.24 bits per heavy atom. The number of carbonyl (C=O) groups excluding carboxylic acids is 1. The number of fused-ring (bicyclic) bond motifs is 1. The predicted octanol–water partition coefficient (Wildman–Crippen LogP) is 2.62. The second-order valence-electron chi connectivity index (χ2n) is 4.14. The topological polar surface area (TPSA) is 39.4 Å². The number of carbonyl (C=O) groups is 1. The molecule has 0 unspecified atom stereocenters. The average molecular weight is 228 g/mol. The standard InChI is InChI=1S/C14H12O3/c15-9-13-3-2-12(17-13)8-10-1-4-14-11(7-10)5-6-16-14/h1-4,7,9H,5-6,8H2. The Labute approximate surface area is 99.0 Å². The molecule has 0 fully saturated rings. The summed E-state index contributed by atoms with van der Waals surface area (Å²) in [4.78, 5) is 10.5. The minimum Gasteiger partial charge on any atom is -0.493 e. The van der Waals surface area contributed by atoms with Crippen LogP contribution in [0.15, 0.2) is 34.7 Å². The molecule has 1 aliphatic rings. The third-order valence-corrected chi connectivity index (χ3v) is 2.93. The maximum Gasteiger partial charge on any atom is 0.185 e. The molecular weight excluding hydrogens is 216 g/mol. The van der Waals surface area contributed by atoms with Crippen LogP contribution in [-0.4, -0.2) is 12.9 Å². The Kier molecular flexibility index (Phi) is 2.44. The minimum atomic E-state index is 0.379. The normalized spacial score (nSPS) is 13.2. The molecule has 3 heteroatoms. The fourth-order valence-corrected chi connectivity index (χ4v) is 2.10. The number of hydrogen-bond acceptors (Lipinski definition) is 3. The number of hydrogen-bond donors (Lipinski definition) is 0. The highest BCUT2D eigenvalue weighted by atomic mass is 16.5. The molecule has 2 aromatic rings. The van der Waals surface area contributed by atoms with E-state index in [1.165, 1.54) is 11.1 Å². The molecule has 3 nitrogen and oxygen atoms in total. The van der Waals surface area contributed by atoms with Gasteiger partial charge in [0.2, 0.25) is 0 Å². The van der Waals surface area contributed by atoms with Crippen molar-refractivity contribution in [2.24, 2.45) is 0 Å². The molecule has 0 saturated heterocycles. The molecule has 0 bridgehead atoms. The van der Waals surface area contributed by atoms with Crippen LogP contribution in [0.3, 0.4) is 0 Å². The first-order chi connectivity index (χ1) is 8.35. The van der Waals surface area contributed by atoms with Crippen LogP contribution in [0.5, 0.6) is 5.75 Å². The van der Waals surface area contributed by atoms with Gasteiger partial charge in [-0.05, 0) is 29.3 Å². The Hall–Kier alpha value is -2.03. The second-order valence-corrected chi connectivity index (χ2v) is 4.14. The highest BCUT2D eigenvalue weighted by molar-refractivity contribution is 5.70. The van der Waals surface area contributed by atoms with Crippen molar-refractivity contribution in [1.82, 2.24) is 0 Å². The lowest BCUT2D eigenvalue weighted by Crippen LogP contribution is -1.87. The van der Waals surface area contributed by atoms with Gasteiger partial charge in [-0.3, -0.25) is 4.79 Å². The highest BCUT2D eigenvalue weighted by Crippen LogP contribution is 2.26. The van der Waals surface area contributed by atoms with Gasteiger partial charge >= 0.3 is 0 Å². The van der Waals surface area contributed by atoms with E-state index in [9.17, 15) is 4.79 Å². The van der Waals surface area contributed by atoms with Crippen LogP contribution >= 0.6 is 0 Å². The maximum atomic E-state index is 10.5. The average Bonchev–Trinajstić information content (AvgIpc) is 2.96. The molecule has 2 heterocycles. The lowest BCUT2D eigenvalue weighted by atomic mass is 10.1. The van der Waals surface area contributed by atoms with E-state index < -0.39 is 0 Å². The first-order valence-electron chi connectivity index (χ1n) is 5.63. The van der Waals surface area contributed by atoms with Crippen LogP contribution in [0.2, 0.25) is 0 Å². The monoisotopic (exact) mass is 228 g/mol. The molecule has 1 aliphatic heterocycles. The summed E-state index contributed by atoms with van der Waals surface area (Å²) in [5.41, 5.74) is 2.44. The largest absolute Gasteiger partial charge is 0.493 e. The van der Waals surface area contributed by atoms with Crippen molar-refractivity contribution >= 4 is 6.29 Å². The molecule has 86 valence electrons. The molecule has 0 N–H and O–H groups in total. The fourth-order valence-electron chi connectivity index (χ4n) is 2.10. The first kappa shape index (κ1) is 10.1. The van der Waals surface area contributed by atoms with Crippen LogP contribution < -0.4 is 4.74 Å². The predicted molar refractivity (Wildman–Crippen MR) is 62.5 cm³/mol. The van der Waals surface area contributed by atoms with Crippen molar-refractivity contribution in [2.75, 3.05) is 6.61 Å². The second kappa shape index (κ2) is 4.09. The van der Waals surface area contributed by atoms with Crippen LogP contribution in [0, 0.1) is 0 Å². The lowest BCUT2D eigenvalue weighted by Gasteiger charge is -2.02. The van der Waals surface area contributed by atoms with Crippen molar-refractivity contribution in [3.63, 3.8) is 0 Å². The van der Waals surface area contributed by atoms with Crippen molar-refractivity contribution in [2.45, 2.75) is 12.8 Å². The van der Waals surface area contributed by atoms with Gasteiger partial charge in [0.15, 0.2) is 12.0 Å². The molecule has 0 saturated carbocycles. The van der Waals surface area contributed by atoms with Gasteiger partial charge in [0.1, 0.15) is 11.5 Å². The van der Waals surface area contributed by atoms with Gasteiger partial charge in [-0.1, -0.05) is 12.1 Å². The van der Waals surface area contributed by atoms with E-state index in [1.54, 1.807) is 6.07 Å². The number of aldehydes is 1. The maximum absolute atomic E-state index is 10.5.